The lowest BCUT2D eigenvalue weighted by Crippen LogP contribution is -2.70. The molecule has 3 aliphatic heterocycles. The lowest BCUT2D eigenvalue weighted by atomic mass is 9.87. The van der Waals surface area contributed by atoms with E-state index in [0.29, 0.717) is 19.8 Å². The van der Waals surface area contributed by atoms with Crippen molar-refractivity contribution in [3.8, 4) is 0 Å². The molecule has 0 radical (unpaired) electrons. The smallest absolute Gasteiger partial charge is 0.224 e. The molecule has 1 aromatic rings. The highest BCUT2D eigenvalue weighted by Gasteiger charge is 2.63. The van der Waals surface area contributed by atoms with E-state index in [1.54, 1.807) is 0 Å². The third-order valence-corrected chi connectivity index (χ3v) is 7.42. The Morgan fingerprint density at radius 1 is 0.862 bits per heavy atom. The molecule has 5 atom stereocenters. The highest BCUT2D eigenvalue weighted by Crippen LogP contribution is 2.50. The first-order chi connectivity index (χ1) is 14.2. The average Bonchev–Trinajstić information content (AvgIpc) is 2.77. The first-order valence-corrected chi connectivity index (χ1v) is 12.8. The molecule has 29 heavy (non-hydrogen) atoms. The summed E-state index contributed by atoms with van der Waals surface area (Å²) in [4.78, 5) is 0. The van der Waals surface area contributed by atoms with Gasteiger partial charge >= 0.3 is 0 Å². The largest absolute Gasteiger partial charge is 0.374 e. The lowest BCUT2D eigenvalue weighted by molar-refractivity contribution is -0.480. The van der Waals surface area contributed by atoms with Gasteiger partial charge in [0.25, 0.3) is 0 Å². The fourth-order valence-electron chi connectivity index (χ4n) is 4.56. The van der Waals surface area contributed by atoms with E-state index < -0.39 is 11.6 Å². The second-order valence-corrected chi connectivity index (χ2v) is 9.43. The van der Waals surface area contributed by atoms with Crippen molar-refractivity contribution in [2.24, 2.45) is 0 Å². The van der Waals surface area contributed by atoms with Crippen LogP contribution in [0.3, 0.4) is 0 Å². The Balaban J connectivity index is 1.46. The van der Waals surface area contributed by atoms with E-state index in [0.717, 1.165) is 54.7 Å². The molecule has 0 bridgehead atoms. The van der Waals surface area contributed by atoms with Crippen LogP contribution in [0.25, 0.3) is 0 Å². The van der Waals surface area contributed by atoms with E-state index in [2.05, 4.69) is 44.0 Å². The van der Waals surface area contributed by atoms with Crippen LogP contribution in [0.2, 0.25) is 0 Å². The molecule has 3 aliphatic rings. The van der Waals surface area contributed by atoms with Gasteiger partial charge in [-0.05, 0) is 31.2 Å². The zero-order valence-corrected chi connectivity index (χ0v) is 19.9. The average molecular weight is 534 g/mol. The van der Waals surface area contributed by atoms with Crippen molar-refractivity contribution in [1.82, 2.24) is 0 Å². The molecule has 4 rings (SSSR count). The predicted molar refractivity (Wildman–Crippen MR) is 117 cm³/mol. The molecular weight excluding hydrogens is 504 g/mol. The van der Waals surface area contributed by atoms with Crippen LogP contribution in [0.1, 0.15) is 44.1 Å². The molecule has 1 aromatic carbocycles. The zero-order valence-electron chi connectivity index (χ0n) is 16.7. The molecule has 0 amide bonds. The summed E-state index contributed by atoms with van der Waals surface area (Å²) in [6.07, 6.45) is 5.72. The van der Waals surface area contributed by atoms with Crippen molar-refractivity contribution in [2.45, 2.75) is 75.0 Å². The summed E-state index contributed by atoms with van der Waals surface area (Å²) >= 11 is 7.16. The van der Waals surface area contributed by atoms with Crippen molar-refractivity contribution in [3.63, 3.8) is 0 Å². The molecular formula is C22H30Br2O5. The Morgan fingerprint density at radius 3 is 2.17 bits per heavy atom. The number of alkyl halides is 2. The number of fused-ring (bicyclic) bond motifs is 1. The third kappa shape index (κ3) is 4.92. The monoisotopic (exact) mass is 532 g/mol. The summed E-state index contributed by atoms with van der Waals surface area (Å²) in [7, 11) is 0. The van der Waals surface area contributed by atoms with Crippen LogP contribution in [-0.4, -0.2) is 53.8 Å². The quantitative estimate of drug-likeness (QED) is 0.485. The SMILES string of the molecule is BrC[C@H]1CCC[C@@]2(O1)O[C@@H](COCc1ccccc1)CO[C@]21CCC[C@H](CBr)O1. The van der Waals surface area contributed by atoms with Crippen LogP contribution in [-0.2, 0) is 30.3 Å². The number of halogens is 2. The molecule has 0 aliphatic carbocycles. The minimum absolute atomic E-state index is 0.0983. The molecule has 7 heteroatoms. The van der Waals surface area contributed by atoms with E-state index in [4.69, 9.17) is 23.7 Å². The van der Waals surface area contributed by atoms with Gasteiger partial charge in [0.2, 0.25) is 11.6 Å². The Morgan fingerprint density at radius 2 is 1.48 bits per heavy atom. The van der Waals surface area contributed by atoms with E-state index in [-0.39, 0.29) is 18.3 Å². The van der Waals surface area contributed by atoms with Gasteiger partial charge in [-0.2, -0.15) is 0 Å². The van der Waals surface area contributed by atoms with Crippen LogP contribution in [0, 0.1) is 0 Å². The Hall–Kier alpha value is -0.0200. The number of ether oxygens (including phenoxy) is 5. The van der Waals surface area contributed by atoms with Crippen LogP contribution >= 0.6 is 31.9 Å². The molecule has 3 heterocycles. The Kier molecular flexibility index (Phi) is 7.70. The third-order valence-electron chi connectivity index (χ3n) is 5.98. The maximum absolute atomic E-state index is 6.64. The summed E-state index contributed by atoms with van der Waals surface area (Å²) < 4.78 is 32.1. The summed E-state index contributed by atoms with van der Waals surface area (Å²) in [5, 5.41) is 1.57. The van der Waals surface area contributed by atoms with E-state index in [1.165, 1.54) is 0 Å². The van der Waals surface area contributed by atoms with Gasteiger partial charge in [0, 0.05) is 23.5 Å². The molecule has 2 spiro atoms. The maximum Gasteiger partial charge on any atom is 0.224 e. The van der Waals surface area contributed by atoms with Gasteiger partial charge in [0.15, 0.2) is 0 Å². The Bertz CT molecular complexity index is 647. The van der Waals surface area contributed by atoms with E-state index >= 15 is 0 Å². The standard InChI is InChI=1S/C22H30Br2O5/c23-12-18-8-4-10-21(27-18)22(11-5-9-19(13-24)28-22)29-20(16-26-21)15-25-14-17-6-2-1-3-7-17/h1-3,6-7,18-20H,4-5,8-16H2/t18-,19-,20+,21+,22-/m1/s1. The minimum atomic E-state index is -0.871. The van der Waals surface area contributed by atoms with Crippen molar-refractivity contribution in [1.29, 1.82) is 0 Å². The second kappa shape index (κ2) is 10.1. The first kappa shape index (κ1) is 22.2. The van der Waals surface area contributed by atoms with E-state index in [9.17, 15) is 0 Å². The zero-order chi connectivity index (χ0) is 20.2. The van der Waals surface area contributed by atoms with Gasteiger partial charge in [0.05, 0.1) is 32.0 Å². The second-order valence-electron chi connectivity index (χ2n) is 8.13. The maximum atomic E-state index is 6.64. The summed E-state index contributed by atoms with van der Waals surface area (Å²) in [5.41, 5.74) is 1.15. The van der Waals surface area contributed by atoms with Crippen LogP contribution in [0.5, 0.6) is 0 Å². The van der Waals surface area contributed by atoms with Gasteiger partial charge in [-0.3, -0.25) is 0 Å². The predicted octanol–water partition coefficient (Wildman–Crippen LogP) is 4.94. The topological polar surface area (TPSA) is 46.2 Å². The van der Waals surface area contributed by atoms with Crippen LogP contribution < -0.4 is 0 Å². The molecule has 3 fully saturated rings. The van der Waals surface area contributed by atoms with Crippen molar-refractivity contribution in [2.75, 3.05) is 23.9 Å². The molecule has 0 aromatic heterocycles. The molecule has 0 unspecified atom stereocenters. The summed E-state index contributed by atoms with van der Waals surface area (Å²) in [5.74, 6) is -1.70. The summed E-state index contributed by atoms with van der Waals surface area (Å²) in [6.45, 7) is 1.48. The number of rotatable bonds is 6. The lowest BCUT2D eigenvalue weighted by Gasteiger charge is -2.57. The highest BCUT2D eigenvalue weighted by molar-refractivity contribution is 9.09. The molecule has 0 N–H and O–H groups in total. The first-order valence-electron chi connectivity index (χ1n) is 10.6. The normalized spacial score (nSPS) is 37.8. The molecule has 5 nitrogen and oxygen atoms in total. The number of benzene rings is 1. The van der Waals surface area contributed by atoms with Crippen molar-refractivity contribution in [3.05, 3.63) is 35.9 Å². The van der Waals surface area contributed by atoms with Gasteiger partial charge in [-0.15, -0.1) is 0 Å². The van der Waals surface area contributed by atoms with E-state index in [1.807, 2.05) is 18.2 Å². The molecule has 162 valence electrons. The van der Waals surface area contributed by atoms with Crippen LogP contribution in [0.15, 0.2) is 30.3 Å². The van der Waals surface area contributed by atoms with Crippen molar-refractivity contribution < 1.29 is 23.7 Å². The fraction of sp³-hybridized carbons (Fsp3) is 0.727. The summed E-state index contributed by atoms with van der Waals surface area (Å²) in [6, 6.07) is 10.2. The van der Waals surface area contributed by atoms with Gasteiger partial charge < -0.3 is 23.7 Å². The molecule has 3 saturated heterocycles. The van der Waals surface area contributed by atoms with Gasteiger partial charge in [-0.25, -0.2) is 0 Å². The minimum Gasteiger partial charge on any atom is -0.374 e. The van der Waals surface area contributed by atoms with Gasteiger partial charge in [0.1, 0.15) is 6.10 Å². The fourth-order valence-corrected chi connectivity index (χ4v) is 5.48. The number of hydrogen-bond donors (Lipinski definition) is 0. The van der Waals surface area contributed by atoms with Crippen molar-refractivity contribution >= 4 is 31.9 Å². The highest BCUT2D eigenvalue weighted by atomic mass is 79.9. The number of hydrogen-bond acceptors (Lipinski definition) is 5. The Labute approximate surface area is 190 Å². The van der Waals surface area contributed by atoms with Gasteiger partial charge in [-0.1, -0.05) is 62.2 Å². The van der Waals surface area contributed by atoms with Crippen LogP contribution in [0.4, 0.5) is 0 Å². The molecule has 0 saturated carbocycles.